The Kier molecular flexibility index (Phi) is 4.86. The maximum absolute atomic E-state index is 12.7. The molecule has 128 valence electrons. The minimum absolute atomic E-state index is 0.188. The van der Waals surface area contributed by atoms with Gasteiger partial charge in [-0.2, -0.15) is 5.10 Å². The number of rotatable bonds is 4. The van der Waals surface area contributed by atoms with E-state index in [1.54, 1.807) is 48.5 Å². The standard InChI is InChI=1S/C19H18ClN3O2/c1-12(2)11-23-19(25)16-6-4-3-5-15(16)17(22-23)18(24)21-14-9-7-13(20)8-10-14/h3-10,12H,11H2,1-2H3,(H,21,24). The molecule has 0 spiro atoms. The number of amides is 1. The molecule has 3 rings (SSSR count). The van der Waals surface area contributed by atoms with Crippen LogP contribution in [-0.2, 0) is 6.54 Å². The van der Waals surface area contributed by atoms with E-state index in [-0.39, 0.29) is 23.1 Å². The minimum atomic E-state index is -0.365. The average Bonchev–Trinajstić information content (AvgIpc) is 2.59. The molecule has 0 radical (unpaired) electrons. The Morgan fingerprint density at radius 1 is 1.12 bits per heavy atom. The summed E-state index contributed by atoms with van der Waals surface area (Å²) in [7, 11) is 0. The Balaban J connectivity index is 2.07. The molecule has 0 aliphatic heterocycles. The molecule has 0 aliphatic rings. The molecule has 1 amide bonds. The number of carbonyl (C=O) groups is 1. The Hall–Kier alpha value is -2.66. The van der Waals surface area contributed by atoms with Gasteiger partial charge < -0.3 is 5.32 Å². The van der Waals surface area contributed by atoms with Gasteiger partial charge >= 0.3 is 0 Å². The van der Waals surface area contributed by atoms with Crippen LogP contribution in [0.15, 0.2) is 53.3 Å². The summed E-state index contributed by atoms with van der Waals surface area (Å²) >= 11 is 5.87. The van der Waals surface area contributed by atoms with Crippen LogP contribution >= 0.6 is 11.6 Å². The van der Waals surface area contributed by atoms with Crippen LogP contribution in [0.2, 0.25) is 5.02 Å². The fourth-order valence-electron chi connectivity index (χ4n) is 2.60. The summed E-state index contributed by atoms with van der Waals surface area (Å²) in [4.78, 5) is 25.3. The number of anilines is 1. The number of hydrogen-bond donors (Lipinski definition) is 1. The van der Waals surface area contributed by atoms with Crippen LogP contribution < -0.4 is 10.9 Å². The zero-order chi connectivity index (χ0) is 18.0. The number of nitrogens with one attached hydrogen (secondary N) is 1. The maximum atomic E-state index is 12.7. The van der Waals surface area contributed by atoms with Gasteiger partial charge in [0.05, 0.1) is 5.39 Å². The molecule has 0 atom stereocenters. The van der Waals surface area contributed by atoms with Crippen LogP contribution in [-0.4, -0.2) is 15.7 Å². The van der Waals surface area contributed by atoms with E-state index in [4.69, 9.17) is 11.6 Å². The highest BCUT2D eigenvalue weighted by atomic mass is 35.5. The monoisotopic (exact) mass is 355 g/mol. The number of benzene rings is 2. The van der Waals surface area contributed by atoms with E-state index in [2.05, 4.69) is 10.4 Å². The third-order valence-electron chi connectivity index (χ3n) is 3.72. The van der Waals surface area contributed by atoms with Gasteiger partial charge in [-0.15, -0.1) is 0 Å². The molecule has 0 saturated heterocycles. The molecular weight excluding hydrogens is 338 g/mol. The lowest BCUT2D eigenvalue weighted by Gasteiger charge is -2.12. The summed E-state index contributed by atoms with van der Waals surface area (Å²) in [5.74, 6) is -0.130. The van der Waals surface area contributed by atoms with Crippen LogP contribution in [0.1, 0.15) is 24.3 Å². The van der Waals surface area contributed by atoms with Crippen molar-refractivity contribution in [3.05, 3.63) is 69.6 Å². The number of carbonyl (C=O) groups excluding carboxylic acids is 1. The molecule has 3 aromatic rings. The topological polar surface area (TPSA) is 64.0 Å². The fraction of sp³-hybridized carbons (Fsp3) is 0.211. The summed E-state index contributed by atoms with van der Waals surface area (Å²) < 4.78 is 1.36. The van der Waals surface area contributed by atoms with Gasteiger partial charge in [0.1, 0.15) is 0 Å². The number of fused-ring (bicyclic) bond motifs is 1. The summed E-state index contributed by atoms with van der Waals surface area (Å²) in [6.45, 7) is 4.44. The van der Waals surface area contributed by atoms with Gasteiger partial charge in [0, 0.05) is 22.6 Å². The Labute approximate surface area is 150 Å². The lowest BCUT2D eigenvalue weighted by atomic mass is 10.1. The summed E-state index contributed by atoms with van der Waals surface area (Å²) in [6.07, 6.45) is 0. The van der Waals surface area contributed by atoms with Gasteiger partial charge in [-0.25, -0.2) is 4.68 Å². The quantitative estimate of drug-likeness (QED) is 0.770. The molecule has 0 fully saturated rings. The van der Waals surface area contributed by atoms with Crippen molar-refractivity contribution in [1.29, 1.82) is 0 Å². The fourth-order valence-corrected chi connectivity index (χ4v) is 2.72. The smallest absolute Gasteiger partial charge is 0.276 e. The SMILES string of the molecule is CC(C)Cn1nc(C(=O)Nc2ccc(Cl)cc2)c2ccccc2c1=O. The molecule has 0 bridgehead atoms. The first-order chi connectivity index (χ1) is 12.0. The lowest BCUT2D eigenvalue weighted by Crippen LogP contribution is -2.29. The molecule has 2 aromatic carbocycles. The molecule has 1 heterocycles. The van der Waals surface area contributed by atoms with Gasteiger partial charge in [-0.1, -0.05) is 43.6 Å². The molecule has 0 unspecified atom stereocenters. The van der Waals surface area contributed by atoms with Crippen molar-refractivity contribution in [3.8, 4) is 0 Å². The van der Waals surface area contributed by atoms with E-state index < -0.39 is 0 Å². The van der Waals surface area contributed by atoms with Crippen LogP contribution in [0.5, 0.6) is 0 Å². The minimum Gasteiger partial charge on any atom is -0.321 e. The van der Waals surface area contributed by atoms with Gasteiger partial charge in [0.15, 0.2) is 5.69 Å². The van der Waals surface area contributed by atoms with Crippen molar-refractivity contribution < 1.29 is 4.79 Å². The highest BCUT2D eigenvalue weighted by Crippen LogP contribution is 2.17. The second-order valence-corrected chi connectivity index (χ2v) is 6.67. The van der Waals surface area contributed by atoms with Gasteiger partial charge in [-0.3, -0.25) is 9.59 Å². The van der Waals surface area contributed by atoms with E-state index in [1.807, 2.05) is 13.8 Å². The first kappa shape index (κ1) is 17.2. The van der Waals surface area contributed by atoms with Crippen LogP contribution in [0.3, 0.4) is 0 Å². The van der Waals surface area contributed by atoms with Crippen LogP contribution in [0.4, 0.5) is 5.69 Å². The summed E-state index contributed by atoms with van der Waals surface area (Å²) in [5, 5.41) is 8.74. The molecule has 6 heteroatoms. The molecule has 1 aromatic heterocycles. The molecule has 0 saturated carbocycles. The second kappa shape index (κ2) is 7.07. The van der Waals surface area contributed by atoms with Crippen LogP contribution in [0.25, 0.3) is 10.8 Å². The van der Waals surface area contributed by atoms with E-state index >= 15 is 0 Å². The molecule has 1 N–H and O–H groups in total. The Morgan fingerprint density at radius 3 is 2.40 bits per heavy atom. The van der Waals surface area contributed by atoms with Gasteiger partial charge in [-0.05, 0) is 36.2 Å². The van der Waals surface area contributed by atoms with E-state index in [1.165, 1.54) is 4.68 Å². The van der Waals surface area contributed by atoms with Crippen molar-refractivity contribution in [2.24, 2.45) is 5.92 Å². The third-order valence-corrected chi connectivity index (χ3v) is 3.97. The van der Waals surface area contributed by atoms with Gasteiger partial charge in [0.25, 0.3) is 11.5 Å². The second-order valence-electron chi connectivity index (χ2n) is 6.24. The van der Waals surface area contributed by atoms with Crippen molar-refractivity contribution in [2.45, 2.75) is 20.4 Å². The van der Waals surface area contributed by atoms with Crippen molar-refractivity contribution in [3.63, 3.8) is 0 Å². The molecular formula is C19H18ClN3O2. The average molecular weight is 356 g/mol. The highest BCUT2D eigenvalue weighted by molar-refractivity contribution is 6.30. The van der Waals surface area contributed by atoms with Crippen molar-refractivity contribution >= 4 is 34.0 Å². The predicted molar refractivity (Wildman–Crippen MR) is 100 cm³/mol. The van der Waals surface area contributed by atoms with E-state index in [0.29, 0.717) is 28.0 Å². The zero-order valence-electron chi connectivity index (χ0n) is 14.0. The number of halogens is 1. The van der Waals surface area contributed by atoms with Crippen molar-refractivity contribution in [1.82, 2.24) is 9.78 Å². The number of nitrogens with zero attached hydrogens (tertiary/aromatic N) is 2. The Morgan fingerprint density at radius 2 is 1.76 bits per heavy atom. The largest absolute Gasteiger partial charge is 0.321 e. The maximum Gasteiger partial charge on any atom is 0.276 e. The summed E-state index contributed by atoms with van der Waals surface area (Å²) in [5.41, 5.74) is 0.653. The highest BCUT2D eigenvalue weighted by Gasteiger charge is 2.17. The van der Waals surface area contributed by atoms with Crippen molar-refractivity contribution in [2.75, 3.05) is 5.32 Å². The van der Waals surface area contributed by atoms with E-state index in [0.717, 1.165) is 0 Å². The van der Waals surface area contributed by atoms with E-state index in [9.17, 15) is 9.59 Å². The summed E-state index contributed by atoms with van der Waals surface area (Å²) in [6, 6.07) is 13.8. The normalized spacial score (nSPS) is 11.0. The lowest BCUT2D eigenvalue weighted by molar-refractivity contribution is 0.102. The first-order valence-corrected chi connectivity index (χ1v) is 8.40. The number of aromatic nitrogens is 2. The van der Waals surface area contributed by atoms with Gasteiger partial charge in [0.2, 0.25) is 0 Å². The van der Waals surface area contributed by atoms with Crippen LogP contribution in [0, 0.1) is 5.92 Å². The zero-order valence-corrected chi connectivity index (χ0v) is 14.7. The molecule has 5 nitrogen and oxygen atoms in total. The number of hydrogen-bond acceptors (Lipinski definition) is 3. The predicted octanol–water partition coefficient (Wildman–Crippen LogP) is 3.96. The molecule has 0 aliphatic carbocycles. The molecule has 25 heavy (non-hydrogen) atoms. The third kappa shape index (κ3) is 3.72. The first-order valence-electron chi connectivity index (χ1n) is 8.02. The Bertz CT molecular complexity index is 978.